The number of hydrogen-bond acceptors (Lipinski definition) is 1. The second-order valence-corrected chi connectivity index (χ2v) is 11.4. The Morgan fingerprint density at radius 1 is 1.35 bits per heavy atom. The van der Waals surface area contributed by atoms with E-state index < -0.39 is 8.32 Å². The van der Waals surface area contributed by atoms with Crippen molar-refractivity contribution in [1.82, 2.24) is 0 Å². The quantitative estimate of drug-likeness (QED) is 0.638. The summed E-state index contributed by atoms with van der Waals surface area (Å²) in [6.07, 6.45) is 2.38. The summed E-state index contributed by atoms with van der Waals surface area (Å²) in [6, 6.07) is 0. The molecule has 1 atom stereocenters. The van der Waals surface area contributed by atoms with Crippen molar-refractivity contribution in [2.75, 3.05) is 0 Å². The third-order valence-electron chi connectivity index (χ3n) is 4.41. The largest absolute Gasteiger partial charge is 0.410 e. The zero-order valence-electron chi connectivity index (χ0n) is 12.6. The molecule has 17 heavy (non-hydrogen) atoms. The number of hydrogen-bond donors (Lipinski definition) is 0. The van der Waals surface area contributed by atoms with Crippen molar-refractivity contribution in [3.63, 3.8) is 0 Å². The zero-order chi connectivity index (χ0) is 13.4. The second-order valence-electron chi connectivity index (χ2n) is 6.69. The fraction of sp³-hybridized carbons (Fsp3) is 0.733. The molecule has 0 aromatic heterocycles. The minimum atomic E-state index is -1.66. The number of rotatable bonds is 3. The van der Waals surface area contributed by atoms with Crippen LogP contribution in [0.15, 0.2) is 23.3 Å². The van der Waals surface area contributed by atoms with Gasteiger partial charge >= 0.3 is 0 Å². The summed E-state index contributed by atoms with van der Waals surface area (Å²) >= 11 is 0. The van der Waals surface area contributed by atoms with Crippen LogP contribution in [-0.4, -0.2) is 14.4 Å². The van der Waals surface area contributed by atoms with Crippen molar-refractivity contribution >= 4 is 8.32 Å². The summed E-state index contributed by atoms with van der Waals surface area (Å²) in [7, 11) is -1.66. The molecule has 1 rings (SSSR count). The molecule has 1 unspecified atom stereocenters. The van der Waals surface area contributed by atoms with Gasteiger partial charge in [-0.15, -0.1) is 0 Å². The molecular weight excluding hydrogens is 224 g/mol. The van der Waals surface area contributed by atoms with Gasteiger partial charge in [-0.2, -0.15) is 0 Å². The Labute approximate surface area is 108 Å². The lowest BCUT2D eigenvalue weighted by Gasteiger charge is -2.38. The third-order valence-corrected chi connectivity index (χ3v) is 8.90. The molecule has 1 aliphatic carbocycles. The fourth-order valence-electron chi connectivity index (χ4n) is 2.16. The lowest BCUT2D eigenvalue weighted by Crippen LogP contribution is -2.43. The Morgan fingerprint density at radius 2 is 1.88 bits per heavy atom. The summed E-state index contributed by atoms with van der Waals surface area (Å²) in [6.45, 7) is 20.1. The van der Waals surface area contributed by atoms with Crippen molar-refractivity contribution < 1.29 is 4.43 Å². The molecule has 0 bridgehead atoms. The average molecular weight is 252 g/mol. The van der Waals surface area contributed by atoms with Crippen LogP contribution in [0.5, 0.6) is 0 Å². The maximum absolute atomic E-state index is 6.50. The summed E-state index contributed by atoms with van der Waals surface area (Å²) < 4.78 is 6.50. The summed E-state index contributed by atoms with van der Waals surface area (Å²) in [5.41, 5.74) is 4.14. The van der Waals surface area contributed by atoms with Crippen molar-refractivity contribution in [3.05, 3.63) is 23.3 Å². The highest BCUT2D eigenvalue weighted by molar-refractivity contribution is 6.74. The maximum Gasteiger partial charge on any atom is 0.192 e. The van der Waals surface area contributed by atoms with E-state index in [1.165, 1.54) is 16.7 Å². The van der Waals surface area contributed by atoms with Crippen LogP contribution >= 0.6 is 0 Å². The lowest BCUT2D eigenvalue weighted by atomic mass is 10.1. The van der Waals surface area contributed by atoms with Gasteiger partial charge in [-0.1, -0.05) is 34.3 Å². The molecule has 2 heteroatoms. The predicted octanol–water partition coefficient (Wildman–Crippen LogP) is 5.06. The molecule has 0 aromatic carbocycles. The predicted molar refractivity (Wildman–Crippen MR) is 78.8 cm³/mol. The van der Waals surface area contributed by atoms with E-state index in [1.807, 2.05) is 0 Å². The summed E-state index contributed by atoms with van der Waals surface area (Å²) in [5, 5.41) is 0.281. The van der Waals surface area contributed by atoms with E-state index in [2.05, 4.69) is 54.3 Å². The Balaban J connectivity index is 2.86. The van der Waals surface area contributed by atoms with E-state index in [0.717, 1.165) is 12.8 Å². The standard InChI is InChI=1S/C15H28OSi/c1-9-13-11(2)10-14(12(13)3)16-17(7,8)15(4,5)6/h14H,2,9-10H2,1,3-8H3. The van der Waals surface area contributed by atoms with Crippen LogP contribution in [0.25, 0.3) is 0 Å². The van der Waals surface area contributed by atoms with E-state index in [-0.39, 0.29) is 5.04 Å². The SMILES string of the molecule is C=C1CC(O[Si](C)(C)C(C)(C)C)C(C)=C1CC. The van der Waals surface area contributed by atoms with Crippen LogP contribution in [0.3, 0.4) is 0 Å². The normalized spacial score (nSPS) is 22.5. The Morgan fingerprint density at radius 3 is 2.24 bits per heavy atom. The van der Waals surface area contributed by atoms with Gasteiger partial charge in [-0.3, -0.25) is 0 Å². The van der Waals surface area contributed by atoms with Crippen molar-refractivity contribution in [2.45, 2.75) is 71.7 Å². The molecule has 0 N–H and O–H groups in total. The smallest absolute Gasteiger partial charge is 0.192 e. The van der Waals surface area contributed by atoms with Gasteiger partial charge in [-0.25, -0.2) is 0 Å². The van der Waals surface area contributed by atoms with Gasteiger partial charge in [0.05, 0.1) is 6.10 Å². The average Bonchev–Trinajstić information content (AvgIpc) is 2.39. The Kier molecular flexibility index (Phi) is 4.10. The molecule has 0 saturated heterocycles. The molecule has 0 spiro atoms. The first-order valence-electron chi connectivity index (χ1n) is 6.65. The molecule has 0 heterocycles. The Hall–Kier alpha value is -0.343. The van der Waals surface area contributed by atoms with Gasteiger partial charge in [0.1, 0.15) is 0 Å². The molecule has 0 saturated carbocycles. The monoisotopic (exact) mass is 252 g/mol. The van der Waals surface area contributed by atoms with Gasteiger partial charge in [-0.05, 0) is 48.2 Å². The van der Waals surface area contributed by atoms with Gasteiger partial charge in [0.2, 0.25) is 0 Å². The molecule has 0 aliphatic heterocycles. The third kappa shape index (κ3) is 2.91. The molecule has 1 nitrogen and oxygen atoms in total. The van der Waals surface area contributed by atoms with E-state index in [1.54, 1.807) is 0 Å². The lowest BCUT2D eigenvalue weighted by molar-refractivity contribution is 0.221. The highest BCUT2D eigenvalue weighted by Gasteiger charge is 2.40. The van der Waals surface area contributed by atoms with Crippen LogP contribution in [0, 0.1) is 0 Å². The maximum atomic E-state index is 6.50. The van der Waals surface area contributed by atoms with E-state index in [9.17, 15) is 0 Å². The molecular formula is C15H28OSi. The fourth-order valence-corrected chi connectivity index (χ4v) is 3.49. The molecule has 0 radical (unpaired) electrons. The van der Waals surface area contributed by atoms with Gasteiger partial charge in [0.15, 0.2) is 8.32 Å². The van der Waals surface area contributed by atoms with Crippen LogP contribution < -0.4 is 0 Å². The summed E-state index contributed by atoms with van der Waals surface area (Å²) in [4.78, 5) is 0. The van der Waals surface area contributed by atoms with E-state index >= 15 is 0 Å². The van der Waals surface area contributed by atoms with Crippen LogP contribution in [-0.2, 0) is 4.43 Å². The molecule has 0 aromatic rings. The minimum Gasteiger partial charge on any atom is -0.410 e. The molecule has 0 fully saturated rings. The summed E-state index contributed by atoms with van der Waals surface area (Å²) in [5.74, 6) is 0. The first-order valence-corrected chi connectivity index (χ1v) is 9.56. The highest BCUT2D eigenvalue weighted by atomic mass is 28.4. The first kappa shape index (κ1) is 14.7. The minimum absolute atomic E-state index is 0.281. The molecule has 1 aliphatic rings. The zero-order valence-corrected chi connectivity index (χ0v) is 13.6. The van der Waals surface area contributed by atoms with Gasteiger partial charge < -0.3 is 4.43 Å². The Bertz CT molecular complexity index is 344. The highest BCUT2D eigenvalue weighted by Crippen LogP contribution is 2.42. The first-order chi connectivity index (χ1) is 7.60. The second kappa shape index (κ2) is 4.73. The van der Waals surface area contributed by atoms with Crippen LogP contribution in [0.1, 0.15) is 47.5 Å². The van der Waals surface area contributed by atoms with Crippen molar-refractivity contribution in [1.29, 1.82) is 0 Å². The van der Waals surface area contributed by atoms with Crippen molar-refractivity contribution in [2.24, 2.45) is 0 Å². The van der Waals surface area contributed by atoms with Crippen LogP contribution in [0.4, 0.5) is 0 Å². The van der Waals surface area contributed by atoms with Crippen LogP contribution in [0.2, 0.25) is 18.1 Å². The topological polar surface area (TPSA) is 9.23 Å². The number of allylic oxidation sites excluding steroid dienone is 1. The van der Waals surface area contributed by atoms with Gasteiger partial charge in [0.25, 0.3) is 0 Å². The van der Waals surface area contributed by atoms with E-state index in [0.29, 0.717) is 6.10 Å². The van der Waals surface area contributed by atoms with Gasteiger partial charge in [0, 0.05) is 6.42 Å². The van der Waals surface area contributed by atoms with E-state index in [4.69, 9.17) is 4.43 Å². The molecule has 98 valence electrons. The van der Waals surface area contributed by atoms with Crippen molar-refractivity contribution in [3.8, 4) is 0 Å². The molecule has 0 amide bonds.